The zero-order chi connectivity index (χ0) is 22.1. The number of thioether (sulfide) groups is 1. The lowest BCUT2D eigenvalue weighted by molar-refractivity contribution is -0.107. The molecule has 2 rings (SSSR count). The molecule has 0 saturated carbocycles. The maximum Gasteiger partial charge on any atom is 0.138 e. The van der Waals surface area contributed by atoms with Crippen LogP contribution < -0.4 is 9.47 Å². The van der Waals surface area contributed by atoms with Crippen molar-refractivity contribution in [3.8, 4) is 17.2 Å². The lowest BCUT2D eigenvalue weighted by atomic mass is 10.0. The summed E-state index contributed by atoms with van der Waals surface area (Å²) in [4.78, 5) is 11.8. The van der Waals surface area contributed by atoms with Crippen LogP contribution in [0.15, 0.2) is 29.2 Å². The van der Waals surface area contributed by atoms with Gasteiger partial charge < -0.3 is 24.5 Å². The van der Waals surface area contributed by atoms with Crippen molar-refractivity contribution in [3.05, 3.63) is 46.5 Å². The van der Waals surface area contributed by atoms with Gasteiger partial charge in [-0.05, 0) is 38.0 Å². The van der Waals surface area contributed by atoms with Gasteiger partial charge in [0.05, 0.1) is 13.2 Å². The highest BCUT2D eigenvalue weighted by Crippen LogP contribution is 2.38. The fraction of sp³-hybridized carbons (Fsp3) is 0.458. The largest absolute Gasteiger partial charge is 0.507 e. The number of carbonyl (C=O) groups excluding carboxylic acids is 1. The first kappa shape index (κ1) is 24.1. The summed E-state index contributed by atoms with van der Waals surface area (Å²) < 4.78 is 11.7. The Bertz CT molecular complexity index is 848. The maximum absolute atomic E-state index is 10.9. The normalized spacial score (nSPS) is 11.9. The molecule has 1 unspecified atom stereocenters. The Kier molecular flexibility index (Phi) is 9.53. The van der Waals surface area contributed by atoms with Gasteiger partial charge in [-0.25, -0.2) is 0 Å². The zero-order valence-electron chi connectivity index (χ0n) is 18.2. The number of phenols is 1. The molecule has 6 heteroatoms. The van der Waals surface area contributed by atoms with E-state index in [-0.39, 0.29) is 12.2 Å². The van der Waals surface area contributed by atoms with Crippen molar-refractivity contribution < 1.29 is 24.5 Å². The molecule has 0 radical (unpaired) electrons. The number of benzene rings is 2. The van der Waals surface area contributed by atoms with Crippen molar-refractivity contribution in [2.45, 2.75) is 63.9 Å². The van der Waals surface area contributed by atoms with E-state index in [1.54, 1.807) is 20.1 Å². The third kappa shape index (κ3) is 5.70. The topological polar surface area (TPSA) is 76.0 Å². The minimum Gasteiger partial charge on any atom is -0.507 e. The second kappa shape index (κ2) is 11.9. The monoisotopic (exact) mass is 432 g/mol. The number of ether oxygens (including phenoxy) is 2. The minimum atomic E-state index is -0.622. The van der Waals surface area contributed by atoms with Crippen LogP contribution in [0.3, 0.4) is 0 Å². The number of aliphatic hydroxyl groups excluding tert-OH is 1. The van der Waals surface area contributed by atoms with Gasteiger partial charge in [0.15, 0.2) is 0 Å². The molecule has 0 bridgehead atoms. The molecule has 0 aromatic heterocycles. The van der Waals surface area contributed by atoms with Crippen LogP contribution in [0, 0.1) is 0 Å². The predicted molar refractivity (Wildman–Crippen MR) is 121 cm³/mol. The number of aromatic hydroxyl groups is 1. The molecule has 1 atom stereocenters. The number of rotatable bonds is 12. The number of methoxy groups -OCH3 is 1. The average molecular weight is 433 g/mol. The van der Waals surface area contributed by atoms with Crippen molar-refractivity contribution >= 4 is 18.0 Å². The molecule has 164 valence electrons. The Morgan fingerprint density at radius 2 is 1.80 bits per heavy atom. The fourth-order valence-corrected chi connectivity index (χ4v) is 4.37. The Hall–Kier alpha value is -2.18. The smallest absolute Gasteiger partial charge is 0.138 e. The maximum atomic E-state index is 10.9. The molecule has 5 nitrogen and oxygen atoms in total. The number of hydrogen-bond donors (Lipinski definition) is 2. The number of phenolic OH excluding ortho intramolecular Hbond substituents is 1. The summed E-state index contributed by atoms with van der Waals surface area (Å²) in [5.41, 5.74) is 3.22. The molecule has 0 aliphatic carbocycles. The third-order valence-electron chi connectivity index (χ3n) is 4.96. The van der Waals surface area contributed by atoms with Crippen molar-refractivity contribution in [1.82, 2.24) is 0 Å². The summed E-state index contributed by atoms with van der Waals surface area (Å²) in [7, 11) is 1.61. The molecular weight excluding hydrogens is 400 g/mol. The highest BCUT2D eigenvalue weighted by Gasteiger charge is 2.18. The average Bonchev–Trinajstić information content (AvgIpc) is 2.73. The van der Waals surface area contributed by atoms with Crippen molar-refractivity contribution in [1.29, 1.82) is 0 Å². The molecule has 2 aromatic rings. The van der Waals surface area contributed by atoms with Crippen molar-refractivity contribution in [2.24, 2.45) is 0 Å². The molecule has 30 heavy (non-hydrogen) atoms. The van der Waals surface area contributed by atoms with Crippen LogP contribution in [-0.2, 0) is 24.1 Å². The molecule has 2 aromatic carbocycles. The van der Waals surface area contributed by atoms with E-state index >= 15 is 0 Å². The second-order valence-corrected chi connectivity index (χ2v) is 8.13. The highest BCUT2D eigenvalue weighted by atomic mass is 32.2. The van der Waals surface area contributed by atoms with Gasteiger partial charge in [-0.2, -0.15) is 0 Å². The third-order valence-corrected chi connectivity index (χ3v) is 5.89. The summed E-state index contributed by atoms with van der Waals surface area (Å²) in [5.74, 6) is 2.00. The standard InChI is InChI=1S/C24H32O5S/c1-5-7-19-21(11-10-18(16(3)26)24(19)28-4)29-15-30-22-12-9-17(13-14-25)23(27)20(22)8-6-2/h9-12,14,16,26-27H,5-8,13,15H2,1-4H3. The summed E-state index contributed by atoms with van der Waals surface area (Å²) in [5, 5.41) is 20.6. The van der Waals surface area contributed by atoms with Crippen LogP contribution in [0.5, 0.6) is 17.2 Å². The molecule has 0 spiro atoms. The van der Waals surface area contributed by atoms with Gasteiger partial charge in [0, 0.05) is 33.6 Å². The Labute approximate surface area is 183 Å². The Morgan fingerprint density at radius 1 is 1.10 bits per heavy atom. The van der Waals surface area contributed by atoms with E-state index in [2.05, 4.69) is 13.8 Å². The summed E-state index contributed by atoms with van der Waals surface area (Å²) in [6, 6.07) is 7.47. The van der Waals surface area contributed by atoms with Gasteiger partial charge in [0.25, 0.3) is 0 Å². The second-order valence-electron chi connectivity index (χ2n) is 7.17. The van der Waals surface area contributed by atoms with E-state index in [1.807, 2.05) is 18.2 Å². The van der Waals surface area contributed by atoms with E-state index in [4.69, 9.17) is 9.47 Å². The fourth-order valence-electron chi connectivity index (χ4n) is 3.52. The molecule has 0 heterocycles. The Balaban J connectivity index is 2.24. The van der Waals surface area contributed by atoms with Crippen molar-refractivity contribution in [2.75, 3.05) is 13.0 Å². The van der Waals surface area contributed by atoms with E-state index < -0.39 is 6.10 Å². The quantitative estimate of drug-likeness (QED) is 0.272. The molecule has 0 amide bonds. The van der Waals surface area contributed by atoms with Gasteiger partial charge in [-0.3, -0.25) is 0 Å². The molecule has 0 saturated heterocycles. The van der Waals surface area contributed by atoms with Crippen LogP contribution in [-0.4, -0.2) is 29.5 Å². The molecule has 0 aliphatic rings. The van der Waals surface area contributed by atoms with Gasteiger partial charge in [-0.15, -0.1) is 0 Å². The van der Waals surface area contributed by atoms with Gasteiger partial charge in [0.2, 0.25) is 0 Å². The minimum absolute atomic E-state index is 0.208. The lowest BCUT2D eigenvalue weighted by Crippen LogP contribution is -2.05. The van der Waals surface area contributed by atoms with Crippen molar-refractivity contribution in [3.63, 3.8) is 0 Å². The number of aldehydes is 1. The van der Waals surface area contributed by atoms with Crippen LogP contribution >= 0.6 is 11.8 Å². The number of hydrogen-bond acceptors (Lipinski definition) is 6. The first-order valence-electron chi connectivity index (χ1n) is 10.4. The number of aliphatic hydroxyl groups is 1. The van der Waals surface area contributed by atoms with Crippen LogP contribution in [0.25, 0.3) is 0 Å². The SMILES string of the molecule is CCCc1c(SCOc2ccc(C(C)O)c(OC)c2CCC)ccc(CC=O)c1O. The highest BCUT2D eigenvalue weighted by molar-refractivity contribution is 7.99. The predicted octanol–water partition coefficient (Wildman–Crippen LogP) is 5.23. The van der Waals surface area contributed by atoms with Crippen LogP contribution in [0.1, 0.15) is 62.0 Å². The first-order valence-corrected chi connectivity index (χ1v) is 11.4. The molecule has 2 N–H and O–H groups in total. The summed E-state index contributed by atoms with van der Waals surface area (Å²) in [6.45, 7) is 5.87. The van der Waals surface area contributed by atoms with Gasteiger partial charge in [0.1, 0.15) is 29.5 Å². The first-order chi connectivity index (χ1) is 14.5. The van der Waals surface area contributed by atoms with Crippen LogP contribution in [0.2, 0.25) is 0 Å². The molecule has 0 aliphatic heterocycles. The lowest BCUT2D eigenvalue weighted by Gasteiger charge is -2.19. The van der Waals surface area contributed by atoms with E-state index in [0.29, 0.717) is 17.3 Å². The van der Waals surface area contributed by atoms with Gasteiger partial charge in [-0.1, -0.05) is 44.5 Å². The molecular formula is C24H32O5S. The number of carbonyl (C=O) groups is 1. The van der Waals surface area contributed by atoms with E-state index in [9.17, 15) is 15.0 Å². The van der Waals surface area contributed by atoms with Crippen LogP contribution in [0.4, 0.5) is 0 Å². The summed E-state index contributed by atoms with van der Waals surface area (Å²) >= 11 is 1.51. The Morgan fingerprint density at radius 3 is 2.40 bits per heavy atom. The van der Waals surface area contributed by atoms with Gasteiger partial charge >= 0.3 is 0 Å². The van der Waals surface area contributed by atoms with E-state index in [1.165, 1.54) is 11.8 Å². The molecule has 0 fully saturated rings. The van der Waals surface area contributed by atoms with E-state index in [0.717, 1.165) is 59.3 Å². The zero-order valence-corrected chi connectivity index (χ0v) is 19.1. The summed E-state index contributed by atoms with van der Waals surface area (Å²) in [6.07, 6.45) is 3.73.